The molecular formula is C36H45F2N5O5. The zero-order valence-corrected chi connectivity index (χ0v) is 28.5. The van der Waals surface area contributed by atoms with E-state index in [-0.39, 0.29) is 53.4 Å². The van der Waals surface area contributed by atoms with E-state index in [0.717, 1.165) is 0 Å². The number of nitrogens with two attached hydrogens (primary N) is 1. The van der Waals surface area contributed by atoms with Gasteiger partial charge in [-0.3, -0.25) is 19.0 Å². The lowest BCUT2D eigenvalue weighted by Gasteiger charge is -2.31. The summed E-state index contributed by atoms with van der Waals surface area (Å²) in [5.41, 5.74) is 6.77. The van der Waals surface area contributed by atoms with Crippen LogP contribution in [0.3, 0.4) is 0 Å². The van der Waals surface area contributed by atoms with Gasteiger partial charge in [-0.15, -0.1) is 0 Å². The molecular weight excluding hydrogens is 620 g/mol. The van der Waals surface area contributed by atoms with Crippen LogP contribution in [-0.4, -0.2) is 65.1 Å². The summed E-state index contributed by atoms with van der Waals surface area (Å²) in [5.74, 6) is -2.70. The SMILES string of the molecule is CN(CCNC(=O)C1CCC(Nc2cc(-c3c4n(c5cc(F)ccc35)C(=O)CC(C)(C)C4)cc(F)c2C(N)=O)CC1)C(=O)OC(C)(C)C. The number of carbonyl (C=O) groups is 4. The van der Waals surface area contributed by atoms with E-state index in [2.05, 4.69) is 10.6 Å². The van der Waals surface area contributed by atoms with Crippen molar-refractivity contribution in [2.75, 3.05) is 25.5 Å². The van der Waals surface area contributed by atoms with Crippen molar-refractivity contribution in [1.29, 1.82) is 0 Å². The summed E-state index contributed by atoms with van der Waals surface area (Å²) in [6.45, 7) is 9.93. The van der Waals surface area contributed by atoms with E-state index in [1.807, 2.05) is 13.8 Å². The fraction of sp³-hybridized carbons (Fsp3) is 0.500. The van der Waals surface area contributed by atoms with Gasteiger partial charge in [-0.1, -0.05) is 13.8 Å². The van der Waals surface area contributed by atoms with Crippen LogP contribution >= 0.6 is 0 Å². The molecule has 12 heteroatoms. The van der Waals surface area contributed by atoms with Crippen LogP contribution in [0.2, 0.25) is 0 Å². The van der Waals surface area contributed by atoms with E-state index in [1.54, 1.807) is 40.0 Å². The van der Waals surface area contributed by atoms with Crippen molar-refractivity contribution < 1.29 is 32.7 Å². The molecule has 1 aliphatic heterocycles. The number of nitrogens with zero attached hydrogens (tertiary/aromatic N) is 2. The summed E-state index contributed by atoms with van der Waals surface area (Å²) in [4.78, 5) is 52.2. The lowest BCUT2D eigenvalue weighted by Crippen LogP contribution is -2.41. The number of fused-ring (bicyclic) bond motifs is 3. The first-order valence-electron chi connectivity index (χ1n) is 16.4. The highest BCUT2D eigenvalue weighted by atomic mass is 19.1. The van der Waals surface area contributed by atoms with Crippen LogP contribution in [0.4, 0.5) is 19.3 Å². The number of amides is 3. The molecule has 2 aliphatic rings. The fourth-order valence-electron chi connectivity index (χ4n) is 6.85. The largest absolute Gasteiger partial charge is 0.444 e. The topological polar surface area (TPSA) is 136 Å². The monoisotopic (exact) mass is 665 g/mol. The van der Waals surface area contributed by atoms with Gasteiger partial charge in [0.05, 0.1) is 16.8 Å². The van der Waals surface area contributed by atoms with Gasteiger partial charge in [0.15, 0.2) is 0 Å². The molecule has 0 radical (unpaired) electrons. The second kappa shape index (κ2) is 13.2. The standard InChI is InChI=1S/C36H45F2N5O5/c1-35(2,3)48-34(47)42(6)14-13-40-33(46)20-7-10-23(11-8-20)41-26-16-21(15-25(38)31(26)32(39)45)30-24-12-9-22(37)17-27(24)43-28(30)18-36(4,5)19-29(43)44/h9,12,15-17,20,23,41H,7-8,10-11,13-14,18-19H2,1-6H3,(H2,39,45)(H,40,46). The molecule has 10 nitrogen and oxygen atoms in total. The van der Waals surface area contributed by atoms with Gasteiger partial charge in [0.2, 0.25) is 11.8 Å². The maximum atomic E-state index is 15.7. The smallest absolute Gasteiger partial charge is 0.410 e. The highest BCUT2D eigenvalue weighted by Gasteiger charge is 2.36. The number of rotatable bonds is 8. The number of anilines is 1. The third-order valence-corrected chi connectivity index (χ3v) is 9.09. The molecule has 0 bridgehead atoms. The lowest BCUT2D eigenvalue weighted by atomic mass is 9.80. The highest BCUT2D eigenvalue weighted by molar-refractivity contribution is 6.06. The van der Waals surface area contributed by atoms with E-state index in [0.29, 0.717) is 66.4 Å². The van der Waals surface area contributed by atoms with Crippen molar-refractivity contribution in [1.82, 2.24) is 14.8 Å². The van der Waals surface area contributed by atoms with Crippen LogP contribution in [0, 0.1) is 23.0 Å². The molecule has 0 atom stereocenters. The first kappa shape index (κ1) is 34.8. The Morgan fingerprint density at radius 2 is 1.75 bits per heavy atom. The quantitative estimate of drug-likeness (QED) is 0.260. The van der Waals surface area contributed by atoms with E-state index < -0.39 is 29.2 Å². The van der Waals surface area contributed by atoms with Gasteiger partial charge >= 0.3 is 6.09 Å². The summed E-state index contributed by atoms with van der Waals surface area (Å²) in [7, 11) is 1.61. The number of primary amides is 1. The molecule has 1 fully saturated rings. The summed E-state index contributed by atoms with van der Waals surface area (Å²) in [6.07, 6.45) is 2.65. The fourth-order valence-corrected chi connectivity index (χ4v) is 6.85. The van der Waals surface area contributed by atoms with Gasteiger partial charge in [-0.05, 0) is 94.2 Å². The normalized spacial score (nSPS) is 19.0. The first-order chi connectivity index (χ1) is 22.4. The summed E-state index contributed by atoms with van der Waals surface area (Å²) in [6, 6.07) is 7.00. The molecule has 5 rings (SSSR count). The van der Waals surface area contributed by atoms with Crippen LogP contribution < -0.4 is 16.4 Å². The second-order valence-corrected chi connectivity index (χ2v) is 14.9. The van der Waals surface area contributed by atoms with Gasteiger partial charge in [-0.25, -0.2) is 13.6 Å². The molecule has 0 saturated heterocycles. The minimum Gasteiger partial charge on any atom is -0.444 e. The number of nitrogens with one attached hydrogen (secondary N) is 2. The molecule has 1 aliphatic carbocycles. The number of ether oxygens (including phenoxy) is 1. The average Bonchev–Trinajstić information content (AvgIpc) is 3.28. The van der Waals surface area contributed by atoms with E-state index in [4.69, 9.17) is 10.5 Å². The van der Waals surface area contributed by atoms with Crippen molar-refractivity contribution in [3.63, 3.8) is 0 Å². The van der Waals surface area contributed by atoms with Gasteiger partial charge in [0.25, 0.3) is 5.91 Å². The summed E-state index contributed by atoms with van der Waals surface area (Å²) in [5, 5.41) is 6.83. The Kier molecular flexibility index (Phi) is 9.58. The maximum Gasteiger partial charge on any atom is 0.410 e. The molecule has 258 valence electrons. The van der Waals surface area contributed by atoms with Crippen molar-refractivity contribution in [2.45, 2.75) is 84.8 Å². The number of carbonyl (C=O) groups excluding carboxylic acids is 4. The number of benzene rings is 2. The van der Waals surface area contributed by atoms with Gasteiger partial charge < -0.3 is 26.0 Å². The minimum atomic E-state index is -0.923. The summed E-state index contributed by atoms with van der Waals surface area (Å²) >= 11 is 0. The Morgan fingerprint density at radius 1 is 1.06 bits per heavy atom. The zero-order valence-electron chi connectivity index (χ0n) is 28.5. The minimum absolute atomic E-state index is 0.101. The Morgan fingerprint density at radius 3 is 2.40 bits per heavy atom. The van der Waals surface area contributed by atoms with Crippen LogP contribution in [0.15, 0.2) is 30.3 Å². The number of hydrogen-bond acceptors (Lipinski definition) is 6. The van der Waals surface area contributed by atoms with Crippen LogP contribution in [0.1, 0.15) is 87.6 Å². The molecule has 2 aromatic carbocycles. The first-order valence-corrected chi connectivity index (χ1v) is 16.4. The van der Waals surface area contributed by atoms with Crippen LogP contribution in [0.25, 0.3) is 22.0 Å². The third kappa shape index (κ3) is 7.47. The Bertz CT molecular complexity index is 1770. The molecule has 4 N–H and O–H groups in total. The lowest BCUT2D eigenvalue weighted by molar-refractivity contribution is -0.126. The van der Waals surface area contributed by atoms with Crippen molar-refractivity contribution in [3.8, 4) is 11.1 Å². The number of aromatic nitrogens is 1. The molecule has 0 unspecified atom stereocenters. The molecule has 1 saturated carbocycles. The van der Waals surface area contributed by atoms with E-state index in [1.165, 1.54) is 27.7 Å². The Hall–Kier alpha value is -4.48. The molecule has 3 amide bonds. The predicted octanol–water partition coefficient (Wildman–Crippen LogP) is 6.25. The van der Waals surface area contributed by atoms with Crippen molar-refractivity contribution in [2.24, 2.45) is 17.1 Å². The molecule has 48 heavy (non-hydrogen) atoms. The van der Waals surface area contributed by atoms with Crippen LogP contribution in [0.5, 0.6) is 0 Å². The van der Waals surface area contributed by atoms with Gasteiger partial charge in [0.1, 0.15) is 17.2 Å². The molecule has 0 spiro atoms. The third-order valence-electron chi connectivity index (χ3n) is 9.09. The van der Waals surface area contributed by atoms with Crippen molar-refractivity contribution in [3.05, 3.63) is 53.2 Å². The average molecular weight is 666 g/mol. The number of likely N-dealkylation sites (N-methyl/N-ethyl adjacent to an activating group) is 1. The van der Waals surface area contributed by atoms with Crippen LogP contribution in [-0.2, 0) is 16.0 Å². The summed E-state index contributed by atoms with van der Waals surface area (Å²) < 4.78 is 37.0. The van der Waals surface area contributed by atoms with E-state index in [9.17, 15) is 23.6 Å². The maximum absolute atomic E-state index is 15.7. The Balaban J connectivity index is 1.33. The second-order valence-electron chi connectivity index (χ2n) is 14.9. The molecule has 1 aromatic heterocycles. The number of halogens is 2. The van der Waals surface area contributed by atoms with Crippen molar-refractivity contribution >= 4 is 40.4 Å². The predicted molar refractivity (Wildman–Crippen MR) is 180 cm³/mol. The molecule has 3 aromatic rings. The van der Waals surface area contributed by atoms with Gasteiger partial charge in [-0.2, -0.15) is 0 Å². The highest BCUT2D eigenvalue weighted by Crippen LogP contribution is 2.44. The zero-order chi connectivity index (χ0) is 35.1. The van der Waals surface area contributed by atoms with Gasteiger partial charge in [0, 0.05) is 55.2 Å². The van der Waals surface area contributed by atoms with E-state index >= 15 is 4.39 Å². The Labute approximate surface area is 279 Å². The number of hydrogen-bond donors (Lipinski definition) is 3. The molecule has 2 heterocycles.